The summed E-state index contributed by atoms with van der Waals surface area (Å²) in [5.74, 6) is -0.201. The number of carbonyl (C=O) groups is 1. The predicted molar refractivity (Wildman–Crippen MR) is 90.2 cm³/mol. The highest BCUT2D eigenvalue weighted by atomic mass is 16.5. The number of hydrogen-bond acceptors (Lipinski definition) is 2. The Kier molecular flexibility index (Phi) is 6.20. The van der Waals surface area contributed by atoms with Gasteiger partial charge in [0.15, 0.2) is 0 Å². The molecule has 0 N–H and O–H groups in total. The fraction of sp³-hybridized carbons (Fsp3) is 0.350. The summed E-state index contributed by atoms with van der Waals surface area (Å²) in [6, 6.07) is 16.4. The van der Waals surface area contributed by atoms with E-state index in [1.807, 2.05) is 25.1 Å². The second-order valence-electron chi connectivity index (χ2n) is 5.40. The molecule has 2 aromatic carbocycles. The molecule has 0 aliphatic rings. The van der Waals surface area contributed by atoms with Gasteiger partial charge in [-0.1, -0.05) is 55.8 Å². The van der Waals surface area contributed by atoms with Gasteiger partial charge < -0.3 is 4.74 Å². The van der Waals surface area contributed by atoms with Crippen molar-refractivity contribution in [3.8, 4) is 0 Å². The molecule has 0 saturated heterocycles. The highest BCUT2D eigenvalue weighted by Gasteiger charge is 2.15. The normalized spacial score (nSPS) is 10.5. The molecule has 0 atom stereocenters. The van der Waals surface area contributed by atoms with Crippen LogP contribution in [0.2, 0.25) is 0 Å². The van der Waals surface area contributed by atoms with Crippen LogP contribution in [-0.4, -0.2) is 12.6 Å². The number of rotatable bonds is 7. The summed E-state index contributed by atoms with van der Waals surface area (Å²) >= 11 is 0. The molecule has 116 valence electrons. The van der Waals surface area contributed by atoms with Crippen LogP contribution in [-0.2, 0) is 24.0 Å². The second-order valence-corrected chi connectivity index (χ2v) is 5.40. The molecule has 0 aliphatic carbocycles. The average Bonchev–Trinajstić information content (AvgIpc) is 2.55. The van der Waals surface area contributed by atoms with Gasteiger partial charge in [0.25, 0.3) is 0 Å². The van der Waals surface area contributed by atoms with E-state index in [9.17, 15) is 4.79 Å². The van der Waals surface area contributed by atoms with Gasteiger partial charge in [-0.2, -0.15) is 0 Å². The Morgan fingerprint density at radius 1 is 0.909 bits per heavy atom. The molecule has 0 spiro atoms. The van der Waals surface area contributed by atoms with Crippen LogP contribution in [0.5, 0.6) is 0 Å². The fourth-order valence-corrected chi connectivity index (χ4v) is 2.74. The van der Waals surface area contributed by atoms with Crippen molar-refractivity contribution in [2.24, 2.45) is 0 Å². The van der Waals surface area contributed by atoms with Crippen LogP contribution in [0.4, 0.5) is 0 Å². The first-order chi connectivity index (χ1) is 10.8. The van der Waals surface area contributed by atoms with E-state index < -0.39 is 0 Å². The summed E-state index contributed by atoms with van der Waals surface area (Å²) < 4.78 is 5.19. The molecule has 2 aromatic rings. The Balaban J connectivity index is 2.22. The third kappa shape index (κ3) is 4.20. The van der Waals surface area contributed by atoms with E-state index in [1.54, 1.807) is 0 Å². The quantitative estimate of drug-likeness (QED) is 0.698. The van der Waals surface area contributed by atoms with E-state index >= 15 is 0 Å². The third-order valence-electron chi connectivity index (χ3n) is 3.79. The molecule has 0 bridgehead atoms. The van der Waals surface area contributed by atoms with Gasteiger partial charge in [0.2, 0.25) is 0 Å². The molecule has 2 nitrogen and oxygen atoms in total. The first-order valence-electron chi connectivity index (χ1n) is 8.08. The highest BCUT2D eigenvalue weighted by molar-refractivity contribution is 5.91. The maximum atomic E-state index is 12.1. The number of aryl methyl sites for hydroxylation is 2. The van der Waals surface area contributed by atoms with Gasteiger partial charge in [-0.25, -0.2) is 4.79 Å². The fourth-order valence-electron chi connectivity index (χ4n) is 2.74. The summed E-state index contributed by atoms with van der Waals surface area (Å²) in [5.41, 5.74) is 4.47. The maximum Gasteiger partial charge on any atom is 0.338 e. The monoisotopic (exact) mass is 296 g/mol. The van der Waals surface area contributed by atoms with Crippen molar-refractivity contribution >= 4 is 5.97 Å². The van der Waals surface area contributed by atoms with Gasteiger partial charge >= 0.3 is 5.97 Å². The Hall–Kier alpha value is -2.09. The number of hydrogen-bond donors (Lipinski definition) is 0. The van der Waals surface area contributed by atoms with Crippen molar-refractivity contribution in [3.05, 3.63) is 70.8 Å². The van der Waals surface area contributed by atoms with Crippen LogP contribution in [0.1, 0.15) is 47.3 Å². The van der Waals surface area contributed by atoms with Gasteiger partial charge in [0.1, 0.15) is 0 Å². The van der Waals surface area contributed by atoms with E-state index in [-0.39, 0.29) is 5.97 Å². The smallest absolute Gasteiger partial charge is 0.338 e. The van der Waals surface area contributed by atoms with Crippen molar-refractivity contribution < 1.29 is 9.53 Å². The van der Waals surface area contributed by atoms with E-state index in [0.29, 0.717) is 6.61 Å². The van der Waals surface area contributed by atoms with Crippen LogP contribution in [0.15, 0.2) is 48.5 Å². The molecule has 0 saturated carbocycles. The molecule has 2 heteroatoms. The van der Waals surface area contributed by atoms with E-state index in [4.69, 9.17) is 4.74 Å². The van der Waals surface area contributed by atoms with Crippen LogP contribution in [0.3, 0.4) is 0 Å². The molecule has 0 unspecified atom stereocenters. The van der Waals surface area contributed by atoms with Crippen LogP contribution < -0.4 is 0 Å². The zero-order chi connectivity index (χ0) is 15.8. The van der Waals surface area contributed by atoms with E-state index in [2.05, 4.69) is 37.3 Å². The Morgan fingerprint density at radius 2 is 1.68 bits per heavy atom. The predicted octanol–water partition coefficient (Wildman–Crippen LogP) is 4.60. The Bertz CT molecular complexity index is 602. The molecule has 0 aliphatic heterocycles. The lowest BCUT2D eigenvalue weighted by atomic mass is 9.93. The van der Waals surface area contributed by atoms with Gasteiger partial charge in [0.05, 0.1) is 12.2 Å². The van der Waals surface area contributed by atoms with Crippen molar-refractivity contribution in [1.29, 1.82) is 0 Å². The molecular weight excluding hydrogens is 272 g/mol. The summed E-state index contributed by atoms with van der Waals surface area (Å²) in [6.45, 7) is 4.40. The minimum Gasteiger partial charge on any atom is -0.462 e. The summed E-state index contributed by atoms with van der Waals surface area (Å²) in [5, 5.41) is 0. The third-order valence-corrected chi connectivity index (χ3v) is 3.79. The number of ether oxygens (including phenoxy) is 1. The highest BCUT2D eigenvalue weighted by Crippen LogP contribution is 2.20. The molecule has 22 heavy (non-hydrogen) atoms. The van der Waals surface area contributed by atoms with Gasteiger partial charge in [-0.15, -0.1) is 0 Å². The summed E-state index contributed by atoms with van der Waals surface area (Å²) in [6.07, 6.45) is 3.88. The van der Waals surface area contributed by atoms with Crippen LogP contribution in [0.25, 0.3) is 0 Å². The van der Waals surface area contributed by atoms with Crippen molar-refractivity contribution in [3.63, 3.8) is 0 Å². The van der Waals surface area contributed by atoms with Crippen LogP contribution >= 0.6 is 0 Å². The minimum absolute atomic E-state index is 0.201. The van der Waals surface area contributed by atoms with Gasteiger partial charge in [0, 0.05) is 0 Å². The van der Waals surface area contributed by atoms with E-state index in [1.165, 1.54) is 11.1 Å². The second kappa shape index (κ2) is 8.38. The average molecular weight is 296 g/mol. The molecule has 2 rings (SSSR count). The number of carbonyl (C=O) groups excluding carboxylic acids is 1. The standard InChI is InChI=1S/C20H24O2/c1-3-9-18-17(15-14-16-10-6-5-7-11-16)12-8-13-19(18)20(21)22-4-2/h5-8,10-13H,3-4,9,14-15H2,1-2H3. The van der Waals surface area contributed by atoms with Crippen molar-refractivity contribution in [1.82, 2.24) is 0 Å². The lowest BCUT2D eigenvalue weighted by Gasteiger charge is -2.14. The van der Waals surface area contributed by atoms with Gasteiger partial charge in [-0.05, 0) is 48.9 Å². The lowest BCUT2D eigenvalue weighted by Crippen LogP contribution is -2.10. The topological polar surface area (TPSA) is 26.3 Å². The summed E-state index contributed by atoms with van der Waals surface area (Å²) in [4.78, 5) is 12.1. The van der Waals surface area contributed by atoms with Crippen LogP contribution in [0, 0.1) is 0 Å². The van der Waals surface area contributed by atoms with Crippen molar-refractivity contribution in [2.75, 3.05) is 6.61 Å². The Morgan fingerprint density at radius 3 is 2.36 bits per heavy atom. The molecule has 0 fully saturated rings. The molecular formula is C20H24O2. The van der Waals surface area contributed by atoms with Crippen molar-refractivity contribution in [2.45, 2.75) is 39.5 Å². The van der Waals surface area contributed by atoms with E-state index in [0.717, 1.165) is 36.8 Å². The SMILES string of the molecule is CCCc1c(CCc2ccccc2)cccc1C(=O)OCC. The molecule has 0 heterocycles. The largest absolute Gasteiger partial charge is 0.462 e. The maximum absolute atomic E-state index is 12.1. The first kappa shape index (κ1) is 16.3. The minimum atomic E-state index is -0.201. The zero-order valence-electron chi connectivity index (χ0n) is 13.5. The summed E-state index contributed by atoms with van der Waals surface area (Å²) in [7, 11) is 0. The number of benzene rings is 2. The van der Waals surface area contributed by atoms with Gasteiger partial charge in [-0.3, -0.25) is 0 Å². The zero-order valence-corrected chi connectivity index (χ0v) is 13.5. The molecule has 0 aromatic heterocycles. The molecule has 0 radical (unpaired) electrons. The Labute approximate surface area is 133 Å². The number of esters is 1. The molecule has 0 amide bonds. The lowest BCUT2D eigenvalue weighted by molar-refractivity contribution is 0.0525. The first-order valence-corrected chi connectivity index (χ1v) is 8.08.